The maximum Gasteiger partial charge on any atom is 0.229 e. The predicted molar refractivity (Wildman–Crippen MR) is 117 cm³/mol. The molecule has 1 aliphatic heterocycles. The Hall–Kier alpha value is -2.63. The number of nitrogens with one attached hydrogen (secondary N) is 1. The topological polar surface area (TPSA) is 44.3 Å². The van der Waals surface area contributed by atoms with Crippen molar-refractivity contribution in [3.8, 4) is 11.3 Å². The molecule has 1 aromatic heterocycles. The molecule has 4 rings (SSSR count). The number of anilines is 3. The Morgan fingerprint density at radius 1 is 0.929 bits per heavy atom. The molecule has 0 atom stereocenters. The fourth-order valence-electron chi connectivity index (χ4n) is 3.39. The highest BCUT2D eigenvalue weighted by molar-refractivity contribution is 6.33. The highest BCUT2D eigenvalue weighted by Gasteiger charge is 2.19. The number of benzene rings is 2. The van der Waals surface area contributed by atoms with Crippen molar-refractivity contribution in [2.24, 2.45) is 0 Å². The molecule has 0 spiro atoms. The fraction of sp³-hybridized carbons (Fsp3) is 0.273. The van der Waals surface area contributed by atoms with Gasteiger partial charge in [0.2, 0.25) is 5.95 Å². The van der Waals surface area contributed by atoms with Gasteiger partial charge in [-0.2, -0.15) is 4.98 Å². The average Bonchev–Trinajstić information content (AvgIpc) is 2.76. The Balaban J connectivity index is 1.68. The number of aromatic nitrogens is 2. The van der Waals surface area contributed by atoms with Crippen LogP contribution in [0.1, 0.15) is 6.92 Å². The van der Waals surface area contributed by atoms with E-state index in [1.165, 1.54) is 0 Å². The third kappa shape index (κ3) is 4.26. The molecular weight excluding hydrogens is 370 g/mol. The second-order valence-electron chi connectivity index (χ2n) is 6.83. The monoisotopic (exact) mass is 393 g/mol. The second-order valence-corrected chi connectivity index (χ2v) is 7.23. The van der Waals surface area contributed by atoms with E-state index in [1.54, 1.807) is 0 Å². The highest BCUT2D eigenvalue weighted by Crippen LogP contribution is 2.28. The van der Waals surface area contributed by atoms with Gasteiger partial charge in [0, 0.05) is 37.8 Å². The molecule has 0 unspecified atom stereocenters. The summed E-state index contributed by atoms with van der Waals surface area (Å²) in [6, 6.07) is 19.9. The predicted octanol–water partition coefficient (Wildman–Crippen LogP) is 4.68. The first kappa shape index (κ1) is 18.7. The molecule has 2 aromatic carbocycles. The van der Waals surface area contributed by atoms with Crippen molar-refractivity contribution >= 4 is 29.1 Å². The van der Waals surface area contributed by atoms with Crippen molar-refractivity contribution in [3.63, 3.8) is 0 Å². The first-order valence-corrected chi connectivity index (χ1v) is 10.0. The fourth-order valence-corrected chi connectivity index (χ4v) is 3.57. The molecule has 0 saturated carbocycles. The summed E-state index contributed by atoms with van der Waals surface area (Å²) < 4.78 is 0. The van der Waals surface area contributed by atoms with E-state index >= 15 is 0 Å². The van der Waals surface area contributed by atoms with Crippen molar-refractivity contribution in [2.75, 3.05) is 42.9 Å². The SMILES string of the molecule is CCN1CCN(c2cc(-c3ccccc3)nc(Nc3ccccc3Cl)n2)CC1. The van der Waals surface area contributed by atoms with E-state index in [4.69, 9.17) is 21.6 Å². The van der Waals surface area contributed by atoms with Gasteiger partial charge in [-0.15, -0.1) is 0 Å². The summed E-state index contributed by atoms with van der Waals surface area (Å²) in [5.74, 6) is 1.50. The Labute approximate surface area is 171 Å². The summed E-state index contributed by atoms with van der Waals surface area (Å²) in [5.41, 5.74) is 2.77. The number of nitrogens with zero attached hydrogens (tertiary/aromatic N) is 4. The van der Waals surface area contributed by atoms with Crippen LogP contribution in [0.15, 0.2) is 60.7 Å². The van der Waals surface area contributed by atoms with E-state index in [1.807, 2.05) is 42.5 Å². The molecule has 0 aliphatic carbocycles. The van der Waals surface area contributed by atoms with E-state index in [0.29, 0.717) is 11.0 Å². The van der Waals surface area contributed by atoms with Gasteiger partial charge in [-0.05, 0) is 18.7 Å². The van der Waals surface area contributed by atoms with Crippen LogP contribution in [0.5, 0.6) is 0 Å². The van der Waals surface area contributed by atoms with Crippen LogP contribution in [0.4, 0.5) is 17.5 Å². The zero-order valence-corrected chi connectivity index (χ0v) is 16.7. The maximum absolute atomic E-state index is 6.32. The van der Waals surface area contributed by atoms with Crippen LogP contribution in [0.3, 0.4) is 0 Å². The molecular formula is C22H24ClN5. The lowest BCUT2D eigenvalue weighted by molar-refractivity contribution is 0.270. The molecule has 28 heavy (non-hydrogen) atoms. The van der Waals surface area contributed by atoms with Crippen LogP contribution >= 0.6 is 11.6 Å². The Morgan fingerprint density at radius 3 is 2.36 bits per heavy atom. The van der Waals surface area contributed by atoms with Crippen molar-refractivity contribution < 1.29 is 0 Å². The number of hydrogen-bond donors (Lipinski definition) is 1. The van der Waals surface area contributed by atoms with E-state index in [9.17, 15) is 0 Å². The second kappa shape index (κ2) is 8.59. The molecule has 0 radical (unpaired) electrons. The van der Waals surface area contributed by atoms with Crippen molar-refractivity contribution in [3.05, 3.63) is 65.7 Å². The lowest BCUT2D eigenvalue weighted by atomic mass is 10.1. The summed E-state index contributed by atoms with van der Waals surface area (Å²) in [5, 5.41) is 3.94. The Bertz CT molecular complexity index is 923. The number of piperazine rings is 1. The van der Waals surface area contributed by atoms with E-state index < -0.39 is 0 Å². The van der Waals surface area contributed by atoms with Gasteiger partial charge in [-0.3, -0.25) is 0 Å². The van der Waals surface area contributed by atoms with Crippen LogP contribution < -0.4 is 10.2 Å². The largest absolute Gasteiger partial charge is 0.354 e. The van der Waals surface area contributed by atoms with Gasteiger partial charge in [-0.25, -0.2) is 4.98 Å². The minimum atomic E-state index is 0.558. The van der Waals surface area contributed by atoms with Crippen LogP contribution in [0, 0.1) is 0 Å². The molecule has 1 saturated heterocycles. The van der Waals surface area contributed by atoms with Crippen LogP contribution in [-0.4, -0.2) is 47.6 Å². The number of rotatable bonds is 5. The van der Waals surface area contributed by atoms with Crippen LogP contribution in [0.2, 0.25) is 5.02 Å². The minimum absolute atomic E-state index is 0.558. The molecule has 0 bridgehead atoms. The Morgan fingerprint density at radius 2 is 1.64 bits per heavy atom. The standard InChI is InChI=1S/C22H24ClN5/c1-2-27-12-14-28(15-13-27)21-16-20(17-8-4-3-5-9-17)25-22(26-21)24-19-11-7-6-10-18(19)23/h3-11,16H,2,12-15H2,1H3,(H,24,25,26). The number of para-hydroxylation sites is 1. The molecule has 3 aromatic rings. The molecule has 144 valence electrons. The van der Waals surface area contributed by atoms with Gasteiger partial charge in [0.1, 0.15) is 5.82 Å². The van der Waals surface area contributed by atoms with E-state index in [-0.39, 0.29) is 0 Å². The van der Waals surface area contributed by atoms with Gasteiger partial charge in [0.05, 0.1) is 16.4 Å². The molecule has 2 heterocycles. The van der Waals surface area contributed by atoms with Crippen LogP contribution in [0.25, 0.3) is 11.3 Å². The smallest absolute Gasteiger partial charge is 0.229 e. The average molecular weight is 394 g/mol. The van der Waals surface area contributed by atoms with E-state index in [2.05, 4.69) is 40.2 Å². The molecule has 1 aliphatic rings. The first-order chi connectivity index (χ1) is 13.7. The van der Waals surface area contributed by atoms with Crippen LogP contribution in [-0.2, 0) is 0 Å². The Kier molecular flexibility index (Phi) is 5.74. The summed E-state index contributed by atoms with van der Waals surface area (Å²) in [6.07, 6.45) is 0. The third-order valence-corrected chi connectivity index (χ3v) is 5.38. The van der Waals surface area contributed by atoms with Gasteiger partial charge >= 0.3 is 0 Å². The number of hydrogen-bond acceptors (Lipinski definition) is 5. The zero-order chi connectivity index (χ0) is 19.3. The first-order valence-electron chi connectivity index (χ1n) is 9.66. The van der Waals surface area contributed by atoms with Gasteiger partial charge < -0.3 is 15.1 Å². The van der Waals surface area contributed by atoms with E-state index in [0.717, 1.165) is 55.5 Å². The van der Waals surface area contributed by atoms with Gasteiger partial charge in [0.25, 0.3) is 0 Å². The van der Waals surface area contributed by atoms with Crippen molar-refractivity contribution in [1.82, 2.24) is 14.9 Å². The van der Waals surface area contributed by atoms with Crippen molar-refractivity contribution in [2.45, 2.75) is 6.92 Å². The summed E-state index contributed by atoms with van der Waals surface area (Å²) >= 11 is 6.32. The normalized spacial score (nSPS) is 14.9. The maximum atomic E-state index is 6.32. The summed E-state index contributed by atoms with van der Waals surface area (Å²) in [4.78, 5) is 14.3. The zero-order valence-electron chi connectivity index (χ0n) is 16.0. The lowest BCUT2D eigenvalue weighted by Gasteiger charge is -2.35. The highest BCUT2D eigenvalue weighted by atomic mass is 35.5. The quantitative estimate of drug-likeness (QED) is 0.681. The molecule has 0 amide bonds. The molecule has 1 N–H and O–H groups in total. The molecule has 1 fully saturated rings. The molecule has 6 heteroatoms. The number of likely N-dealkylation sites (N-methyl/N-ethyl adjacent to an activating group) is 1. The van der Waals surface area contributed by atoms with Gasteiger partial charge in [0.15, 0.2) is 0 Å². The van der Waals surface area contributed by atoms with Crippen molar-refractivity contribution in [1.29, 1.82) is 0 Å². The van der Waals surface area contributed by atoms with Gasteiger partial charge in [-0.1, -0.05) is 61.0 Å². The lowest BCUT2D eigenvalue weighted by Crippen LogP contribution is -2.46. The summed E-state index contributed by atoms with van der Waals surface area (Å²) in [7, 11) is 0. The minimum Gasteiger partial charge on any atom is -0.354 e. The third-order valence-electron chi connectivity index (χ3n) is 5.05. The number of halogens is 1. The molecule has 5 nitrogen and oxygen atoms in total. The summed E-state index contributed by atoms with van der Waals surface area (Å²) in [6.45, 7) is 7.32.